The van der Waals surface area contributed by atoms with Crippen molar-refractivity contribution in [3.8, 4) is 0 Å². The lowest BCUT2D eigenvalue weighted by atomic mass is 9.98. The van der Waals surface area contributed by atoms with Crippen molar-refractivity contribution in [2.75, 3.05) is 25.4 Å². The lowest BCUT2D eigenvalue weighted by Crippen LogP contribution is -2.45. The Morgan fingerprint density at radius 3 is 2.55 bits per heavy atom. The van der Waals surface area contributed by atoms with E-state index in [9.17, 15) is 19.2 Å². The summed E-state index contributed by atoms with van der Waals surface area (Å²) in [6.45, 7) is -0.541. The Morgan fingerprint density at radius 1 is 1.03 bits per heavy atom. The number of carbonyl (C=O) groups excluding carboxylic acids is 4. The second-order valence-corrected chi connectivity index (χ2v) is 7.46. The number of hydrogen-bond donors (Lipinski definition) is 1. The maximum absolute atomic E-state index is 12.4. The zero-order chi connectivity index (χ0) is 20.6. The number of ether oxygens (including phenoxy) is 1. The molecule has 1 heterocycles. The van der Waals surface area contributed by atoms with Crippen LogP contribution in [0, 0.1) is 0 Å². The van der Waals surface area contributed by atoms with Gasteiger partial charge in [0.1, 0.15) is 6.54 Å². The standard InChI is InChI=1S/C21H20N2O5S/c24-18(22-10-11-29-16-7-2-1-3-8-16)14-28-20(26)13-23-19(25)12-15-6-4-5-9-17(15)21(23)27/h1-9H,10-14H2,(H,22,24). The number of amides is 3. The maximum atomic E-state index is 12.4. The quantitative estimate of drug-likeness (QED) is 0.307. The number of esters is 1. The maximum Gasteiger partial charge on any atom is 0.326 e. The molecule has 29 heavy (non-hydrogen) atoms. The molecule has 0 aromatic heterocycles. The van der Waals surface area contributed by atoms with Crippen LogP contribution < -0.4 is 5.32 Å². The van der Waals surface area contributed by atoms with E-state index in [0.29, 0.717) is 23.4 Å². The van der Waals surface area contributed by atoms with E-state index < -0.39 is 36.8 Å². The molecule has 0 atom stereocenters. The van der Waals surface area contributed by atoms with Crippen molar-refractivity contribution in [2.45, 2.75) is 11.3 Å². The molecule has 7 nitrogen and oxygen atoms in total. The largest absolute Gasteiger partial charge is 0.454 e. The van der Waals surface area contributed by atoms with Crippen LogP contribution in [0.2, 0.25) is 0 Å². The van der Waals surface area contributed by atoms with Crippen LogP contribution >= 0.6 is 11.8 Å². The molecule has 2 aromatic carbocycles. The highest BCUT2D eigenvalue weighted by Crippen LogP contribution is 2.19. The summed E-state index contributed by atoms with van der Waals surface area (Å²) in [4.78, 5) is 50.3. The van der Waals surface area contributed by atoms with E-state index in [2.05, 4.69) is 5.32 Å². The van der Waals surface area contributed by atoms with Crippen LogP contribution in [0.3, 0.4) is 0 Å². The Balaban J connectivity index is 1.39. The molecule has 8 heteroatoms. The highest BCUT2D eigenvalue weighted by atomic mass is 32.2. The molecule has 0 fully saturated rings. The highest BCUT2D eigenvalue weighted by molar-refractivity contribution is 7.99. The smallest absolute Gasteiger partial charge is 0.326 e. The summed E-state index contributed by atoms with van der Waals surface area (Å²) in [6.07, 6.45) is 0.0504. The van der Waals surface area contributed by atoms with Gasteiger partial charge < -0.3 is 10.1 Å². The molecule has 3 amide bonds. The van der Waals surface area contributed by atoms with Crippen molar-refractivity contribution < 1.29 is 23.9 Å². The van der Waals surface area contributed by atoms with E-state index in [1.165, 1.54) is 0 Å². The van der Waals surface area contributed by atoms with Crippen LogP contribution in [-0.2, 0) is 25.5 Å². The number of thioether (sulfide) groups is 1. The molecule has 1 N–H and O–H groups in total. The number of nitrogens with one attached hydrogen (secondary N) is 1. The highest BCUT2D eigenvalue weighted by Gasteiger charge is 2.32. The Bertz CT molecular complexity index is 916. The lowest BCUT2D eigenvalue weighted by molar-refractivity contribution is -0.151. The summed E-state index contributed by atoms with van der Waals surface area (Å²) in [5.74, 6) is -1.56. The molecule has 0 aliphatic carbocycles. The fraction of sp³-hybridized carbons (Fsp3) is 0.238. The fourth-order valence-corrected chi connectivity index (χ4v) is 3.60. The van der Waals surface area contributed by atoms with Gasteiger partial charge in [0.05, 0.1) is 6.42 Å². The summed E-state index contributed by atoms with van der Waals surface area (Å²) in [5, 5.41) is 2.66. The first kappa shape index (κ1) is 20.6. The molecular formula is C21H20N2O5S. The molecule has 1 aliphatic rings. The first-order chi connectivity index (χ1) is 14.0. The van der Waals surface area contributed by atoms with Crippen LogP contribution in [0.5, 0.6) is 0 Å². The van der Waals surface area contributed by atoms with Gasteiger partial charge in [0, 0.05) is 22.8 Å². The number of benzene rings is 2. The van der Waals surface area contributed by atoms with Crippen molar-refractivity contribution in [1.82, 2.24) is 10.2 Å². The van der Waals surface area contributed by atoms with E-state index in [-0.39, 0.29) is 6.42 Å². The summed E-state index contributed by atoms with van der Waals surface area (Å²) in [6, 6.07) is 16.6. The molecule has 0 saturated carbocycles. The molecular weight excluding hydrogens is 392 g/mol. The van der Waals surface area contributed by atoms with Gasteiger partial charge in [0.15, 0.2) is 6.61 Å². The first-order valence-corrected chi connectivity index (χ1v) is 10.1. The van der Waals surface area contributed by atoms with Crippen molar-refractivity contribution >= 4 is 35.5 Å². The Kier molecular flexibility index (Phi) is 7.02. The van der Waals surface area contributed by atoms with E-state index in [0.717, 1.165) is 9.80 Å². The SMILES string of the molecule is O=C(COC(=O)CN1C(=O)Cc2ccccc2C1=O)NCCSc1ccccc1. The molecule has 0 radical (unpaired) electrons. The number of nitrogens with zero attached hydrogens (tertiary/aromatic N) is 1. The van der Waals surface area contributed by atoms with Gasteiger partial charge in [0.2, 0.25) is 5.91 Å². The van der Waals surface area contributed by atoms with Gasteiger partial charge >= 0.3 is 5.97 Å². The molecule has 0 unspecified atom stereocenters. The predicted molar refractivity (Wildman–Crippen MR) is 107 cm³/mol. The van der Waals surface area contributed by atoms with Crippen molar-refractivity contribution in [3.05, 3.63) is 65.7 Å². The topological polar surface area (TPSA) is 92.8 Å². The molecule has 2 aromatic rings. The van der Waals surface area contributed by atoms with Gasteiger partial charge in [-0.25, -0.2) is 0 Å². The predicted octanol–water partition coefficient (Wildman–Crippen LogP) is 1.66. The fourth-order valence-electron chi connectivity index (χ4n) is 2.81. The van der Waals surface area contributed by atoms with Gasteiger partial charge in [-0.05, 0) is 23.8 Å². The third-order valence-corrected chi connectivity index (χ3v) is 5.24. The number of carbonyl (C=O) groups is 4. The molecule has 1 aliphatic heterocycles. The molecule has 0 spiro atoms. The van der Waals surface area contributed by atoms with Crippen molar-refractivity contribution in [3.63, 3.8) is 0 Å². The third-order valence-electron chi connectivity index (χ3n) is 4.22. The second kappa shape index (κ2) is 9.88. The zero-order valence-electron chi connectivity index (χ0n) is 15.6. The average Bonchev–Trinajstić information content (AvgIpc) is 2.73. The average molecular weight is 412 g/mol. The van der Waals surface area contributed by atoms with Gasteiger partial charge in [-0.3, -0.25) is 24.1 Å². The Labute approximate surface area is 172 Å². The van der Waals surface area contributed by atoms with Crippen LogP contribution in [0.4, 0.5) is 0 Å². The molecule has 0 saturated heterocycles. The van der Waals surface area contributed by atoms with E-state index >= 15 is 0 Å². The van der Waals surface area contributed by atoms with Crippen LogP contribution in [0.25, 0.3) is 0 Å². The molecule has 3 rings (SSSR count). The lowest BCUT2D eigenvalue weighted by Gasteiger charge is -2.25. The van der Waals surface area contributed by atoms with Crippen LogP contribution in [-0.4, -0.2) is 54.0 Å². The minimum atomic E-state index is -0.806. The summed E-state index contributed by atoms with van der Waals surface area (Å²) in [5.41, 5.74) is 1.04. The van der Waals surface area contributed by atoms with Crippen LogP contribution in [0.1, 0.15) is 15.9 Å². The van der Waals surface area contributed by atoms with E-state index in [1.807, 2.05) is 30.3 Å². The monoisotopic (exact) mass is 412 g/mol. The van der Waals surface area contributed by atoms with Gasteiger partial charge in [-0.1, -0.05) is 36.4 Å². The number of hydrogen-bond acceptors (Lipinski definition) is 6. The zero-order valence-corrected chi connectivity index (χ0v) is 16.4. The second-order valence-electron chi connectivity index (χ2n) is 6.29. The van der Waals surface area contributed by atoms with E-state index in [1.54, 1.807) is 36.0 Å². The van der Waals surface area contributed by atoms with Crippen molar-refractivity contribution in [1.29, 1.82) is 0 Å². The minimum Gasteiger partial charge on any atom is -0.454 e. The Hall–Kier alpha value is -3.13. The summed E-state index contributed by atoms with van der Waals surface area (Å²) in [7, 11) is 0. The third kappa shape index (κ3) is 5.68. The van der Waals surface area contributed by atoms with Gasteiger partial charge in [-0.15, -0.1) is 11.8 Å². The summed E-state index contributed by atoms with van der Waals surface area (Å²) >= 11 is 1.60. The van der Waals surface area contributed by atoms with Crippen LogP contribution in [0.15, 0.2) is 59.5 Å². The number of imide groups is 1. The molecule has 150 valence electrons. The summed E-state index contributed by atoms with van der Waals surface area (Å²) < 4.78 is 4.90. The first-order valence-electron chi connectivity index (χ1n) is 9.07. The normalized spacial score (nSPS) is 13.0. The number of fused-ring (bicyclic) bond motifs is 1. The van der Waals surface area contributed by atoms with Gasteiger partial charge in [-0.2, -0.15) is 0 Å². The van der Waals surface area contributed by atoms with Crippen molar-refractivity contribution in [2.24, 2.45) is 0 Å². The minimum absolute atomic E-state index is 0.0504. The molecule has 0 bridgehead atoms. The number of rotatable bonds is 8. The Morgan fingerprint density at radius 2 is 1.76 bits per heavy atom. The van der Waals surface area contributed by atoms with E-state index in [4.69, 9.17) is 4.74 Å². The van der Waals surface area contributed by atoms with Gasteiger partial charge in [0.25, 0.3) is 11.8 Å².